The number of benzene rings is 2. The third-order valence-electron chi connectivity index (χ3n) is 5.60. The van der Waals surface area contributed by atoms with Gasteiger partial charge in [-0.15, -0.1) is 23.1 Å². The zero-order valence-corrected chi connectivity index (χ0v) is 22.1. The lowest BCUT2D eigenvalue weighted by atomic mass is 10.1. The highest BCUT2D eigenvalue weighted by molar-refractivity contribution is 7.99. The normalized spacial score (nSPS) is 14.9. The van der Waals surface area contributed by atoms with E-state index in [9.17, 15) is 19.2 Å². The van der Waals surface area contributed by atoms with Crippen LogP contribution >= 0.6 is 23.1 Å². The first-order chi connectivity index (χ1) is 17.8. The maximum Gasteiger partial charge on any atom is 0.234 e. The van der Waals surface area contributed by atoms with E-state index in [0.29, 0.717) is 28.8 Å². The summed E-state index contributed by atoms with van der Waals surface area (Å²) in [6.07, 6.45) is 0.166. The van der Waals surface area contributed by atoms with Gasteiger partial charge in [-0.3, -0.25) is 19.2 Å². The average molecular weight is 538 g/mol. The number of aromatic nitrogens is 1. The van der Waals surface area contributed by atoms with Crippen molar-refractivity contribution in [3.8, 4) is 0 Å². The molecule has 1 saturated heterocycles. The van der Waals surface area contributed by atoms with Gasteiger partial charge in [0, 0.05) is 48.1 Å². The number of amides is 4. The lowest BCUT2D eigenvalue weighted by molar-refractivity contribution is -0.122. The van der Waals surface area contributed by atoms with Gasteiger partial charge in [-0.1, -0.05) is 17.7 Å². The van der Waals surface area contributed by atoms with Gasteiger partial charge in [0.2, 0.25) is 23.6 Å². The van der Waals surface area contributed by atoms with Crippen molar-refractivity contribution in [3.05, 3.63) is 65.2 Å². The first kappa shape index (κ1) is 26.4. The van der Waals surface area contributed by atoms with Crippen molar-refractivity contribution in [1.82, 2.24) is 4.98 Å². The van der Waals surface area contributed by atoms with Gasteiger partial charge < -0.3 is 20.9 Å². The fourth-order valence-corrected chi connectivity index (χ4v) is 5.32. The second-order valence-electron chi connectivity index (χ2n) is 8.67. The molecule has 0 spiro atoms. The molecule has 9 nitrogen and oxygen atoms in total. The number of thiazole rings is 1. The molecule has 0 radical (unpaired) electrons. The van der Waals surface area contributed by atoms with Crippen molar-refractivity contribution in [3.63, 3.8) is 0 Å². The lowest BCUT2D eigenvalue weighted by Crippen LogP contribution is -2.28. The number of rotatable bonds is 9. The van der Waals surface area contributed by atoms with Crippen LogP contribution in [0.25, 0.3) is 0 Å². The maximum atomic E-state index is 12.7. The Labute approximate surface area is 223 Å². The number of thioether (sulfide) groups is 1. The minimum Gasteiger partial charge on any atom is -0.326 e. The summed E-state index contributed by atoms with van der Waals surface area (Å²) in [5, 5.41) is 10.6. The van der Waals surface area contributed by atoms with Crippen molar-refractivity contribution in [1.29, 1.82) is 0 Å². The summed E-state index contributed by atoms with van der Waals surface area (Å²) in [5.41, 5.74) is 3.98. The standard InChI is InChI=1S/C26H27N5O4S2/c1-16-3-9-22(10-4-16)31-12-18(11-24(31)34)25(35)30-26-29-21(14-37-26)13-36-15-23(33)28-20-7-5-19(6-8-20)27-17(2)32/h3-10,14,18H,11-13,15H2,1-2H3,(H,27,32)(H,28,33)(H,29,30,35). The summed E-state index contributed by atoms with van der Waals surface area (Å²) in [6, 6.07) is 14.6. The summed E-state index contributed by atoms with van der Waals surface area (Å²) in [7, 11) is 0. The minimum absolute atomic E-state index is 0.0674. The third kappa shape index (κ3) is 7.40. The van der Waals surface area contributed by atoms with Gasteiger partial charge >= 0.3 is 0 Å². The molecular formula is C26H27N5O4S2. The fourth-order valence-electron chi connectivity index (χ4n) is 3.78. The first-order valence-electron chi connectivity index (χ1n) is 11.6. The van der Waals surface area contributed by atoms with Gasteiger partial charge in [0.15, 0.2) is 5.13 Å². The Morgan fingerprint density at radius 2 is 1.70 bits per heavy atom. The molecule has 3 aromatic rings. The smallest absolute Gasteiger partial charge is 0.234 e. The van der Waals surface area contributed by atoms with Crippen LogP contribution in [0.1, 0.15) is 24.6 Å². The topological polar surface area (TPSA) is 120 Å². The van der Waals surface area contributed by atoms with Crippen LogP contribution in [0.5, 0.6) is 0 Å². The van der Waals surface area contributed by atoms with Crippen molar-refractivity contribution in [2.45, 2.75) is 26.0 Å². The van der Waals surface area contributed by atoms with Crippen molar-refractivity contribution < 1.29 is 19.2 Å². The molecule has 1 unspecified atom stereocenters. The predicted octanol–water partition coefficient (Wildman–Crippen LogP) is 4.27. The first-order valence-corrected chi connectivity index (χ1v) is 13.7. The molecule has 0 aliphatic carbocycles. The van der Waals surface area contributed by atoms with Crippen molar-refractivity contribution in [2.75, 3.05) is 33.1 Å². The highest BCUT2D eigenvalue weighted by Crippen LogP contribution is 2.27. The second kappa shape index (κ2) is 12.0. The largest absolute Gasteiger partial charge is 0.326 e. The van der Waals surface area contributed by atoms with Crippen LogP contribution in [0.4, 0.5) is 22.2 Å². The van der Waals surface area contributed by atoms with Crippen LogP contribution in [0.3, 0.4) is 0 Å². The summed E-state index contributed by atoms with van der Waals surface area (Å²) in [6.45, 7) is 3.76. The van der Waals surface area contributed by atoms with E-state index in [4.69, 9.17) is 0 Å². The number of hydrogen-bond acceptors (Lipinski definition) is 7. The molecule has 0 bridgehead atoms. The summed E-state index contributed by atoms with van der Waals surface area (Å²) in [4.78, 5) is 54.6. The van der Waals surface area contributed by atoms with Crippen LogP contribution in [0.15, 0.2) is 53.9 Å². The van der Waals surface area contributed by atoms with E-state index in [1.54, 1.807) is 29.2 Å². The van der Waals surface area contributed by atoms with Crippen LogP contribution in [-0.4, -0.2) is 40.9 Å². The van der Waals surface area contributed by atoms with E-state index in [-0.39, 0.29) is 35.8 Å². The number of carbonyl (C=O) groups is 4. The molecule has 1 aromatic heterocycles. The summed E-state index contributed by atoms with van der Waals surface area (Å²) >= 11 is 2.73. The molecular weight excluding hydrogens is 510 g/mol. The Balaban J connectivity index is 1.20. The minimum atomic E-state index is -0.438. The molecule has 1 atom stereocenters. The molecule has 2 aromatic carbocycles. The highest BCUT2D eigenvalue weighted by atomic mass is 32.2. The molecule has 3 N–H and O–H groups in total. The zero-order chi connectivity index (χ0) is 26.4. The van der Waals surface area contributed by atoms with Crippen LogP contribution in [0, 0.1) is 12.8 Å². The SMILES string of the molecule is CC(=O)Nc1ccc(NC(=O)CSCc2csc(NC(=O)C3CC(=O)N(c4ccc(C)cc4)C3)n2)cc1. The maximum absolute atomic E-state index is 12.7. The second-order valence-corrected chi connectivity index (χ2v) is 10.5. The van der Waals surface area contributed by atoms with E-state index in [1.807, 2.05) is 36.6 Å². The van der Waals surface area contributed by atoms with E-state index in [2.05, 4.69) is 20.9 Å². The van der Waals surface area contributed by atoms with Crippen LogP contribution in [-0.2, 0) is 24.9 Å². The quantitative estimate of drug-likeness (QED) is 0.375. The Morgan fingerprint density at radius 1 is 1.03 bits per heavy atom. The van der Waals surface area contributed by atoms with Crippen molar-refractivity contribution >= 4 is 68.9 Å². The number of anilines is 4. The predicted molar refractivity (Wildman–Crippen MR) is 148 cm³/mol. The zero-order valence-electron chi connectivity index (χ0n) is 20.4. The molecule has 0 saturated carbocycles. The number of nitrogens with one attached hydrogen (secondary N) is 3. The lowest BCUT2D eigenvalue weighted by Gasteiger charge is -2.16. The fraction of sp³-hybridized carbons (Fsp3) is 0.269. The molecule has 1 aliphatic rings. The summed E-state index contributed by atoms with van der Waals surface area (Å²) < 4.78 is 0. The van der Waals surface area contributed by atoms with Crippen LogP contribution in [0.2, 0.25) is 0 Å². The van der Waals surface area contributed by atoms with Gasteiger partial charge in [0.25, 0.3) is 0 Å². The van der Waals surface area contributed by atoms with Gasteiger partial charge in [-0.05, 0) is 43.3 Å². The average Bonchev–Trinajstić information content (AvgIpc) is 3.47. The number of nitrogens with zero attached hydrogens (tertiary/aromatic N) is 2. The van der Waals surface area contributed by atoms with Crippen molar-refractivity contribution in [2.24, 2.45) is 5.92 Å². The van der Waals surface area contributed by atoms with E-state index in [0.717, 1.165) is 16.9 Å². The van der Waals surface area contributed by atoms with Gasteiger partial charge in [0.1, 0.15) is 0 Å². The molecule has 4 rings (SSSR count). The molecule has 1 aliphatic heterocycles. The van der Waals surface area contributed by atoms with Gasteiger partial charge in [-0.25, -0.2) is 4.98 Å². The molecule has 11 heteroatoms. The number of aryl methyl sites for hydroxylation is 1. The number of carbonyl (C=O) groups excluding carboxylic acids is 4. The van der Waals surface area contributed by atoms with E-state index >= 15 is 0 Å². The van der Waals surface area contributed by atoms with Gasteiger partial charge in [0.05, 0.1) is 17.4 Å². The van der Waals surface area contributed by atoms with E-state index < -0.39 is 5.92 Å². The number of hydrogen-bond donors (Lipinski definition) is 3. The molecule has 2 heterocycles. The Bertz CT molecular complexity index is 1290. The Morgan fingerprint density at radius 3 is 2.38 bits per heavy atom. The monoisotopic (exact) mass is 537 g/mol. The third-order valence-corrected chi connectivity index (χ3v) is 7.37. The van der Waals surface area contributed by atoms with Crippen LogP contribution < -0.4 is 20.9 Å². The van der Waals surface area contributed by atoms with Gasteiger partial charge in [-0.2, -0.15) is 0 Å². The highest BCUT2D eigenvalue weighted by Gasteiger charge is 2.35. The van der Waals surface area contributed by atoms with E-state index in [1.165, 1.54) is 30.0 Å². The molecule has 192 valence electrons. The Hall–Kier alpha value is -3.70. The molecule has 4 amide bonds. The Kier molecular flexibility index (Phi) is 8.57. The molecule has 1 fully saturated rings. The summed E-state index contributed by atoms with van der Waals surface area (Å²) in [5.74, 6) is -0.272. The molecule has 37 heavy (non-hydrogen) atoms.